The van der Waals surface area contributed by atoms with E-state index in [9.17, 15) is 0 Å². The molecule has 6 aromatic heterocycles. The highest BCUT2D eigenvalue weighted by atomic mass is 32.2. The minimum Gasteiger partial charge on any atom is -0.196 e. The third-order valence-corrected chi connectivity index (χ3v) is 33.1. The Bertz CT molecular complexity index is 5410. The second-order valence-corrected chi connectivity index (χ2v) is 45.1. The topological polar surface area (TPSA) is 232 Å². The summed E-state index contributed by atoms with van der Waals surface area (Å²) in [6.45, 7) is 8.84. The molecule has 18 nitrogen and oxygen atoms in total. The first-order chi connectivity index (χ1) is 60.5. The Morgan fingerprint density at radius 1 is 0.192 bits per heavy atom. The van der Waals surface area contributed by atoms with Crippen molar-refractivity contribution >= 4 is 282 Å². The number of benzene rings is 7. The lowest BCUT2D eigenvalue weighted by molar-refractivity contribution is 0.587. The lowest BCUT2D eigenvalue weighted by atomic mass is 9.87. The Morgan fingerprint density at radius 3 is 0.848 bits per heavy atom. The van der Waals surface area contributed by atoms with Crippen LogP contribution in [0.3, 0.4) is 0 Å². The lowest BCUT2D eigenvalue weighted by Crippen LogP contribution is -2.11. The standard InChI is InChI=1S/C18H17N3S4.C16H21N3S4.C13H15N3S4.3C12H13N3S4/c1-22-15-13(12-8-5-4-6-9-12)10-7-11-14(15)25-18-20-16(23-2)19-17(21-18)24-3;1-16(2,3)10-7-8-11(12(9-10)20-4)23-15-18-13(21-5)17-14(19-15)22-6;1-8-6-5-7-9(10(8)17-2)20-13-15-11(18-3)14-12(16-13)19-4;1-16-8-4-6-9(7-5-8)19-12-14-10(17-2)13-11(15-12)18-3;1-16-8-5-4-6-9(7-8)19-12-14-10(17-2)13-11(15-12)18-3;1-16-8-6-4-5-7-9(8)19-12-14-10(17-2)13-11(15-12)18-3/h4-11H,1-3H3;7-9H,1-6H3;5-7H,1-4H3;3*4-7H,1-3H3. The van der Waals surface area contributed by atoms with Crippen LogP contribution in [0.5, 0.6) is 0 Å². The highest BCUT2D eigenvalue weighted by Crippen LogP contribution is 2.43. The molecule has 0 aliphatic carbocycles. The van der Waals surface area contributed by atoms with Crippen molar-refractivity contribution in [3.8, 4) is 11.1 Å². The van der Waals surface area contributed by atoms with Crippen LogP contribution in [-0.2, 0) is 5.41 Å². The highest BCUT2D eigenvalue weighted by molar-refractivity contribution is 8.05. The van der Waals surface area contributed by atoms with Gasteiger partial charge in [-0.15, -0.1) is 70.6 Å². The van der Waals surface area contributed by atoms with E-state index < -0.39 is 0 Å². The number of rotatable bonds is 31. The maximum atomic E-state index is 4.55. The number of aryl methyl sites for hydroxylation is 1. The molecule has 0 unspecified atom stereocenters. The second-order valence-electron chi connectivity index (χ2n) is 24.6. The predicted octanol–water partition coefficient (Wildman–Crippen LogP) is 28.4. The molecule has 0 aliphatic heterocycles. The zero-order valence-corrected chi connectivity index (χ0v) is 92.0. The monoisotopic (exact) mass is 2110 g/mol. The van der Waals surface area contributed by atoms with Crippen molar-refractivity contribution in [1.29, 1.82) is 0 Å². The summed E-state index contributed by atoms with van der Waals surface area (Å²) in [6.07, 6.45) is 36.3. The molecule has 0 saturated carbocycles. The van der Waals surface area contributed by atoms with E-state index in [4.69, 9.17) is 0 Å². The van der Waals surface area contributed by atoms with Gasteiger partial charge in [0.2, 0.25) is 0 Å². The molecule has 0 aliphatic rings. The molecule has 6 heterocycles. The molecule has 658 valence electrons. The summed E-state index contributed by atoms with van der Waals surface area (Å²) in [4.78, 5) is 94.4. The van der Waals surface area contributed by atoms with Crippen LogP contribution in [0.4, 0.5) is 0 Å². The van der Waals surface area contributed by atoms with Crippen LogP contribution in [0.15, 0.2) is 309 Å². The second kappa shape index (κ2) is 58.2. The average molecular weight is 2110 g/mol. The van der Waals surface area contributed by atoms with E-state index in [1.54, 1.807) is 188 Å². The Balaban J connectivity index is 0.000000186. The van der Waals surface area contributed by atoms with Gasteiger partial charge in [-0.25, -0.2) is 0 Å². The number of hydrogen-bond acceptors (Lipinski definition) is 42. The number of thioether (sulfide) groups is 18. The predicted molar refractivity (Wildman–Crippen MR) is 563 cm³/mol. The van der Waals surface area contributed by atoms with Gasteiger partial charge in [0.05, 0.1) is 0 Å². The fourth-order valence-corrected chi connectivity index (χ4v) is 24.6. The summed E-state index contributed by atoms with van der Waals surface area (Å²) >= 11 is 38.5. The number of nitrogens with zero attached hydrogens (tertiary/aromatic N) is 18. The molecule has 13 rings (SSSR count). The van der Waals surface area contributed by atoms with Crippen molar-refractivity contribution < 1.29 is 0 Å². The fourth-order valence-electron chi connectivity index (χ4n) is 9.75. The highest BCUT2D eigenvalue weighted by Gasteiger charge is 2.20. The third-order valence-electron chi connectivity index (χ3n) is 15.7. The van der Waals surface area contributed by atoms with E-state index in [0.717, 1.165) is 103 Å². The Kier molecular flexibility index (Phi) is 50.0. The van der Waals surface area contributed by atoms with E-state index in [1.807, 2.05) is 93.3 Å². The first-order valence-electron chi connectivity index (χ1n) is 36.6. The van der Waals surface area contributed by atoms with Crippen molar-refractivity contribution in [3.05, 3.63) is 169 Å². The normalized spacial score (nSPS) is 10.9. The first-order valence-corrected chi connectivity index (χ1v) is 63.6. The largest absolute Gasteiger partial charge is 0.197 e. The molecule has 0 spiro atoms. The zero-order chi connectivity index (χ0) is 90.2. The molecule has 0 radical (unpaired) electrons. The van der Waals surface area contributed by atoms with Crippen LogP contribution in [0.25, 0.3) is 11.1 Å². The summed E-state index contributed by atoms with van der Waals surface area (Å²) < 4.78 is 0. The van der Waals surface area contributed by atoms with Crippen molar-refractivity contribution in [1.82, 2.24) is 89.7 Å². The van der Waals surface area contributed by atoms with Crippen molar-refractivity contribution in [2.24, 2.45) is 0 Å². The van der Waals surface area contributed by atoms with Crippen molar-refractivity contribution in [3.63, 3.8) is 0 Å². The maximum absolute atomic E-state index is 4.55. The van der Waals surface area contributed by atoms with Gasteiger partial charge in [0.15, 0.2) is 92.8 Å². The van der Waals surface area contributed by atoms with Gasteiger partial charge in [0.1, 0.15) is 0 Å². The van der Waals surface area contributed by atoms with Gasteiger partial charge in [-0.1, -0.05) is 241 Å². The van der Waals surface area contributed by atoms with Crippen LogP contribution in [-0.4, -0.2) is 202 Å². The van der Waals surface area contributed by atoms with Gasteiger partial charge in [0, 0.05) is 58.7 Å². The van der Waals surface area contributed by atoms with Crippen molar-refractivity contribution in [2.45, 2.75) is 185 Å². The van der Waals surface area contributed by atoms with Crippen molar-refractivity contribution in [2.75, 3.05) is 113 Å². The minimum atomic E-state index is 0.152. The van der Waals surface area contributed by atoms with E-state index >= 15 is 0 Å². The molecule has 13 aromatic rings. The molecular formula is C83H92N18S24. The Morgan fingerprint density at radius 2 is 0.488 bits per heavy atom. The quantitative estimate of drug-likeness (QED) is 0.0367. The van der Waals surface area contributed by atoms with Gasteiger partial charge in [-0.3, -0.25) is 0 Å². The average Bonchev–Trinajstić information content (AvgIpc) is 0.806. The third kappa shape index (κ3) is 35.7. The van der Waals surface area contributed by atoms with E-state index in [1.165, 1.54) is 165 Å². The van der Waals surface area contributed by atoms with Crippen LogP contribution in [0, 0.1) is 6.92 Å². The van der Waals surface area contributed by atoms with Gasteiger partial charge < -0.3 is 0 Å². The van der Waals surface area contributed by atoms with Gasteiger partial charge >= 0.3 is 0 Å². The maximum Gasteiger partial charge on any atom is 0.197 e. The van der Waals surface area contributed by atoms with E-state index in [0.29, 0.717) is 0 Å². The Labute approximate surface area is 838 Å². The molecule has 0 N–H and O–H groups in total. The van der Waals surface area contributed by atoms with Crippen LogP contribution in [0.1, 0.15) is 31.9 Å². The molecule has 7 aromatic carbocycles. The van der Waals surface area contributed by atoms with Gasteiger partial charge in [0.25, 0.3) is 0 Å². The zero-order valence-electron chi connectivity index (χ0n) is 72.4. The van der Waals surface area contributed by atoms with Crippen LogP contribution in [0.2, 0.25) is 0 Å². The summed E-state index contributed by atoms with van der Waals surface area (Å²) in [5.74, 6) is 0. The molecule has 0 amide bonds. The summed E-state index contributed by atoms with van der Waals surface area (Å²) in [6, 6.07) is 54.9. The molecule has 0 fully saturated rings. The number of aromatic nitrogens is 18. The van der Waals surface area contributed by atoms with E-state index in [-0.39, 0.29) is 5.41 Å². The molecule has 0 saturated heterocycles. The lowest BCUT2D eigenvalue weighted by Gasteiger charge is -2.20. The summed E-state index contributed by atoms with van der Waals surface area (Å²) in [5, 5.41) is 13.7. The molecule has 0 bridgehead atoms. The van der Waals surface area contributed by atoms with Crippen LogP contribution >= 0.6 is 282 Å². The molecular weight excluding hydrogens is 2020 g/mol. The number of hydrogen-bond donors (Lipinski definition) is 0. The first kappa shape index (κ1) is 107. The summed E-state index contributed by atoms with van der Waals surface area (Å²) in [7, 11) is 0. The van der Waals surface area contributed by atoms with Gasteiger partial charge in [-0.05, 0) is 297 Å². The molecule has 125 heavy (non-hydrogen) atoms. The summed E-state index contributed by atoms with van der Waals surface area (Å²) in [5.41, 5.74) is 5.24. The van der Waals surface area contributed by atoms with Gasteiger partial charge in [-0.2, -0.15) is 89.7 Å². The fraction of sp³-hybridized carbons (Fsp3) is 0.277. The molecule has 0 atom stereocenters. The van der Waals surface area contributed by atoms with E-state index in [2.05, 4.69) is 294 Å². The Hall–Kier alpha value is -3.00. The minimum absolute atomic E-state index is 0.152. The SMILES string of the molecule is CSc1ccc(Sc2nc(SC)nc(SC)n2)cc1.CSc1cccc(Sc2nc(SC)nc(SC)n2)c1.CSc1nc(SC)nc(Sc2ccc(C(C)(C)C)cc2SC)n1.CSc1nc(SC)nc(Sc2cccc(-c3ccccc3)c2SC)n1.CSc1nc(SC)nc(Sc2cccc(C)c2SC)n1.CSc1nc(SC)nc(Sc2ccccc2SC)n1. The molecule has 42 heteroatoms. The smallest absolute Gasteiger partial charge is 0.196 e. The van der Waals surface area contributed by atoms with Crippen LogP contribution < -0.4 is 0 Å².